The van der Waals surface area contributed by atoms with E-state index in [1.54, 1.807) is 12.1 Å². The third-order valence-corrected chi connectivity index (χ3v) is 3.56. The van der Waals surface area contributed by atoms with E-state index in [2.05, 4.69) is 5.32 Å². The van der Waals surface area contributed by atoms with Gasteiger partial charge >= 0.3 is 5.97 Å². The molecular weight excluding hydrogens is 278 g/mol. The maximum Gasteiger partial charge on any atom is 0.312 e. The van der Waals surface area contributed by atoms with Crippen LogP contribution in [0.1, 0.15) is 17.2 Å². The molecule has 0 aliphatic heterocycles. The van der Waals surface area contributed by atoms with Crippen LogP contribution in [0.3, 0.4) is 0 Å². The Morgan fingerprint density at radius 2 is 1.68 bits per heavy atom. The van der Waals surface area contributed by atoms with E-state index in [4.69, 9.17) is 4.74 Å². The molecule has 0 radical (unpaired) electrons. The Morgan fingerprint density at radius 3 is 2.27 bits per heavy atom. The molecule has 0 heterocycles. The molecule has 4 heteroatoms. The smallest absolute Gasteiger partial charge is 0.312 e. The summed E-state index contributed by atoms with van der Waals surface area (Å²) >= 11 is 0. The molecule has 2 atom stereocenters. The first-order valence-electron chi connectivity index (χ1n) is 7.28. The minimum absolute atomic E-state index is 0.345. The van der Waals surface area contributed by atoms with Crippen LogP contribution in [0.25, 0.3) is 0 Å². The zero-order valence-electron chi connectivity index (χ0n) is 12.6. The summed E-state index contributed by atoms with van der Waals surface area (Å²) in [4.78, 5) is 11.9. The van der Waals surface area contributed by atoms with Gasteiger partial charge in [-0.1, -0.05) is 60.7 Å². The maximum atomic E-state index is 11.9. The quantitative estimate of drug-likeness (QED) is 0.770. The summed E-state index contributed by atoms with van der Waals surface area (Å²) in [6.45, 7) is 0.980. The monoisotopic (exact) mass is 299 g/mol. The molecule has 116 valence electrons. The zero-order chi connectivity index (χ0) is 15.8. The largest absolute Gasteiger partial charge is 0.469 e. The van der Waals surface area contributed by atoms with Gasteiger partial charge in [0.1, 0.15) is 0 Å². The minimum atomic E-state index is -0.892. The number of nitrogens with one attached hydrogen (secondary N) is 1. The first kappa shape index (κ1) is 16.2. The van der Waals surface area contributed by atoms with Gasteiger partial charge in [-0.2, -0.15) is 0 Å². The number of rotatable bonds is 7. The SMILES string of the molecule is COC(=O)[C@@H](CNCc1ccccc1)C(O)c1ccccc1. The highest BCUT2D eigenvalue weighted by Gasteiger charge is 2.28. The fraction of sp³-hybridized carbons (Fsp3) is 0.278. The topological polar surface area (TPSA) is 58.6 Å². The minimum Gasteiger partial charge on any atom is -0.469 e. The normalized spacial score (nSPS) is 13.4. The van der Waals surface area contributed by atoms with Crippen LogP contribution in [0.2, 0.25) is 0 Å². The Hall–Kier alpha value is -2.17. The van der Waals surface area contributed by atoms with Crippen molar-refractivity contribution in [1.82, 2.24) is 5.32 Å². The lowest BCUT2D eigenvalue weighted by molar-refractivity contribution is -0.149. The van der Waals surface area contributed by atoms with E-state index in [9.17, 15) is 9.90 Å². The first-order valence-corrected chi connectivity index (χ1v) is 7.28. The van der Waals surface area contributed by atoms with Gasteiger partial charge in [0.15, 0.2) is 0 Å². The van der Waals surface area contributed by atoms with Gasteiger partial charge in [-0.15, -0.1) is 0 Å². The van der Waals surface area contributed by atoms with Crippen molar-refractivity contribution < 1.29 is 14.6 Å². The second-order valence-electron chi connectivity index (χ2n) is 5.10. The molecule has 2 aromatic carbocycles. The Kier molecular flexibility index (Phi) is 6.13. The van der Waals surface area contributed by atoms with Crippen LogP contribution in [0, 0.1) is 5.92 Å². The van der Waals surface area contributed by atoms with Crippen LogP contribution in [-0.2, 0) is 16.1 Å². The Labute approximate surface area is 130 Å². The number of methoxy groups -OCH3 is 1. The number of hydrogen-bond donors (Lipinski definition) is 2. The lowest BCUT2D eigenvalue weighted by Crippen LogP contribution is -2.33. The zero-order valence-corrected chi connectivity index (χ0v) is 12.6. The summed E-state index contributed by atoms with van der Waals surface area (Å²) in [6.07, 6.45) is -0.892. The van der Waals surface area contributed by atoms with Crippen molar-refractivity contribution in [3.63, 3.8) is 0 Å². The number of ether oxygens (including phenoxy) is 1. The third kappa shape index (κ3) is 4.41. The predicted molar refractivity (Wildman–Crippen MR) is 85.1 cm³/mol. The summed E-state index contributed by atoms with van der Waals surface area (Å²) in [5, 5.41) is 13.6. The summed E-state index contributed by atoms with van der Waals surface area (Å²) in [7, 11) is 1.34. The molecule has 1 unspecified atom stereocenters. The highest BCUT2D eigenvalue weighted by molar-refractivity contribution is 5.73. The molecule has 0 spiro atoms. The van der Waals surface area contributed by atoms with Gasteiger partial charge in [0.25, 0.3) is 0 Å². The Balaban J connectivity index is 1.99. The number of aliphatic hydroxyl groups excluding tert-OH is 1. The van der Waals surface area contributed by atoms with Crippen molar-refractivity contribution in [2.24, 2.45) is 5.92 Å². The van der Waals surface area contributed by atoms with E-state index in [0.29, 0.717) is 18.7 Å². The van der Waals surface area contributed by atoms with Crippen LogP contribution in [0.5, 0.6) is 0 Å². The molecule has 4 nitrogen and oxygen atoms in total. The van der Waals surface area contributed by atoms with E-state index in [0.717, 1.165) is 5.56 Å². The standard InChI is InChI=1S/C18H21NO3/c1-22-18(21)16(17(20)15-10-6-3-7-11-15)13-19-12-14-8-4-2-5-9-14/h2-11,16-17,19-20H,12-13H2,1H3/t16-,17?/m0/s1. The van der Waals surface area contributed by atoms with Crippen molar-refractivity contribution in [2.75, 3.05) is 13.7 Å². The predicted octanol–water partition coefficient (Wildman–Crippen LogP) is 2.30. The van der Waals surface area contributed by atoms with Gasteiger partial charge in [-0.3, -0.25) is 4.79 Å². The van der Waals surface area contributed by atoms with Gasteiger partial charge in [0.05, 0.1) is 19.1 Å². The molecule has 22 heavy (non-hydrogen) atoms. The van der Waals surface area contributed by atoms with Crippen LogP contribution in [0.4, 0.5) is 0 Å². The summed E-state index contributed by atoms with van der Waals surface area (Å²) in [5.41, 5.74) is 1.83. The van der Waals surface area contributed by atoms with Crippen molar-refractivity contribution in [3.05, 3.63) is 71.8 Å². The van der Waals surface area contributed by atoms with Gasteiger partial charge in [-0.05, 0) is 11.1 Å². The first-order chi connectivity index (χ1) is 10.7. The second-order valence-corrected chi connectivity index (χ2v) is 5.10. The van der Waals surface area contributed by atoms with Gasteiger partial charge in [-0.25, -0.2) is 0 Å². The van der Waals surface area contributed by atoms with Crippen LogP contribution >= 0.6 is 0 Å². The van der Waals surface area contributed by atoms with Crippen molar-refractivity contribution >= 4 is 5.97 Å². The van der Waals surface area contributed by atoms with Crippen LogP contribution in [-0.4, -0.2) is 24.7 Å². The molecule has 2 aromatic rings. The molecule has 0 amide bonds. The van der Waals surface area contributed by atoms with Gasteiger partial charge < -0.3 is 15.2 Å². The fourth-order valence-corrected chi connectivity index (χ4v) is 2.33. The number of aliphatic hydroxyl groups is 1. The molecule has 0 aromatic heterocycles. The molecule has 0 bridgehead atoms. The number of esters is 1. The average molecular weight is 299 g/mol. The van der Waals surface area contributed by atoms with E-state index in [1.165, 1.54) is 7.11 Å². The number of benzene rings is 2. The van der Waals surface area contributed by atoms with Crippen LogP contribution in [0.15, 0.2) is 60.7 Å². The average Bonchev–Trinajstić information content (AvgIpc) is 2.59. The van der Waals surface area contributed by atoms with Crippen LogP contribution < -0.4 is 5.32 Å². The van der Waals surface area contributed by atoms with Gasteiger partial charge in [0, 0.05) is 13.1 Å². The number of hydrogen-bond acceptors (Lipinski definition) is 4. The fourth-order valence-electron chi connectivity index (χ4n) is 2.33. The van der Waals surface area contributed by atoms with E-state index in [-0.39, 0.29) is 0 Å². The molecule has 2 N–H and O–H groups in total. The van der Waals surface area contributed by atoms with Crippen molar-refractivity contribution in [1.29, 1.82) is 0 Å². The third-order valence-electron chi connectivity index (χ3n) is 3.56. The van der Waals surface area contributed by atoms with Crippen molar-refractivity contribution in [2.45, 2.75) is 12.6 Å². The Morgan fingerprint density at radius 1 is 1.09 bits per heavy atom. The van der Waals surface area contributed by atoms with E-state index in [1.807, 2.05) is 48.5 Å². The summed E-state index contributed by atoms with van der Waals surface area (Å²) < 4.78 is 4.82. The molecule has 0 aliphatic rings. The number of carbonyl (C=O) groups excluding carboxylic acids is 1. The highest BCUT2D eigenvalue weighted by Crippen LogP contribution is 2.22. The summed E-state index contributed by atoms with van der Waals surface area (Å²) in [5.74, 6) is -1.06. The van der Waals surface area contributed by atoms with E-state index >= 15 is 0 Å². The molecule has 0 saturated carbocycles. The van der Waals surface area contributed by atoms with Gasteiger partial charge in [0.2, 0.25) is 0 Å². The molecule has 0 fully saturated rings. The highest BCUT2D eigenvalue weighted by atomic mass is 16.5. The molecule has 2 rings (SSSR count). The van der Waals surface area contributed by atoms with E-state index < -0.39 is 18.0 Å². The molecule has 0 saturated heterocycles. The van der Waals surface area contributed by atoms with Crippen molar-refractivity contribution in [3.8, 4) is 0 Å². The maximum absolute atomic E-state index is 11.9. The lowest BCUT2D eigenvalue weighted by atomic mass is 9.95. The lowest BCUT2D eigenvalue weighted by Gasteiger charge is -2.21. The molecular formula is C18H21NO3. The molecule has 0 aliphatic carbocycles. The number of carbonyl (C=O) groups is 1. The summed E-state index contributed by atoms with van der Waals surface area (Å²) in [6, 6.07) is 19.1. The Bertz CT molecular complexity index is 571. The second kappa shape index (κ2) is 8.32.